The van der Waals surface area contributed by atoms with Crippen LogP contribution in [0, 0.1) is 6.92 Å². The van der Waals surface area contributed by atoms with E-state index in [1.165, 1.54) is 0 Å². The van der Waals surface area contributed by atoms with Crippen LogP contribution in [0.3, 0.4) is 0 Å². The van der Waals surface area contributed by atoms with E-state index in [-0.39, 0.29) is 11.2 Å². The van der Waals surface area contributed by atoms with Crippen LogP contribution >= 0.6 is 0 Å². The molecule has 0 saturated heterocycles. The number of phenolic OH excluding ortho intramolecular Hbond substituents is 1. The van der Waals surface area contributed by atoms with Gasteiger partial charge in [-0.3, -0.25) is 4.79 Å². The van der Waals surface area contributed by atoms with Gasteiger partial charge in [0.25, 0.3) is 0 Å². The molecular formula is C17H18N4O2. The molecule has 1 aromatic carbocycles. The molecule has 1 N–H and O–H groups in total. The molecule has 0 saturated carbocycles. The van der Waals surface area contributed by atoms with Gasteiger partial charge in [-0.1, -0.05) is 20.8 Å². The number of aromatic nitrogens is 3. The van der Waals surface area contributed by atoms with E-state index in [1.54, 1.807) is 29.0 Å². The summed E-state index contributed by atoms with van der Waals surface area (Å²) in [5.41, 5.74) is 1.73. The van der Waals surface area contributed by atoms with Gasteiger partial charge in [-0.25, -0.2) is 9.98 Å². The van der Waals surface area contributed by atoms with Crippen LogP contribution in [0.4, 0.5) is 5.69 Å². The maximum absolute atomic E-state index is 11.3. The summed E-state index contributed by atoms with van der Waals surface area (Å²) in [6.07, 6.45) is 2.44. The third kappa shape index (κ3) is 2.67. The molecule has 0 amide bonds. The second-order valence-electron chi connectivity index (χ2n) is 6.58. The monoisotopic (exact) mass is 310 g/mol. The third-order valence-electron chi connectivity index (χ3n) is 3.58. The van der Waals surface area contributed by atoms with Gasteiger partial charge < -0.3 is 5.11 Å². The van der Waals surface area contributed by atoms with E-state index in [9.17, 15) is 9.90 Å². The summed E-state index contributed by atoms with van der Waals surface area (Å²) >= 11 is 0. The molecular weight excluding hydrogens is 292 g/mol. The Kier molecular flexibility index (Phi) is 3.39. The molecule has 1 aliphatic rings. The van der Waals surface area contributed by atoms with Crippen molar-refractivity contribution >= 4 is 23.9 Å². The van der Waals surface area contributed by atoms with Crippen molar-refractivity contribution in [1.29, 1.82) is 0 Å². The standard InChI is InChI=1S/C17H18N4O2/c1-10-7-12(23)5-6-13(10)18-15-11(9-22)8-14-19-16(17(2,3)4)20-21(14)15/h5-9,23H,1-4H3/b18-15-. The van der Waals surface area contributed by atoms with Gasteiger partial charge in [-0.05, 0) is 36.8 Å². The Morgan fingerprint density at radius 2 is 2.04 bits per heavy atom. The Morgan fingerprint density at radius 1 is 1.30 bits per heavy atom. The molecule has 0 spiro atoms. The van der Waals surface area contributed by atoms with Gasteiger partial charge >= 0.3 is 0 Å². The number of allylic oxidation sites excluding steroid dienone is 1. The molecule has 3 rings (SSSR count). The highest BCUT2D eigenvalue weighted by molar-refractivity contribution is 6.21. The van der Waals surface area contributed by atoms with Crippen LogP contribution in [0.2, 0.25) is 0 Å². The van der Waals surface area contributed by atoms with Crippen LogP contribution in [-0.2, 0) is 10.2 Å². The molecule has 0 unspecified atom stereocenters. The lowest BCUT2D eigenvalue weighted by molar-refractivity contribution is -0.104. The van der Waals surface area contributed by atoms with Gasteiger partial charge in [-0.15, -0.1) is 5.10 Å². The molecule has 0 fully saturated rings. The van der Waals surface area contributed by atoms with Crippen LogP contribution in [0.5, 0.6) is 5.75 Å². The number of rotatable bonds is 2. The van der Waals surface area contributed by atoms with Gasteiger partial charge in [0.1, 0.15) is 5.75 Å². The first-order chi connectivity index (χ1) is 10.8. The summed E-state index contributed by atoms with van der Waals surface area (Å²) in [5.74, 6) is 1.93. The van der Waals surface area contributed by atoms with E-state index in [1.807, 2.05) is 27.7 Å². The number of aldehydes is 1. The van der Waals surface area contributed by atoms with Crippen LogP contribution in [0.15, 0.2) is 28.8 Å². The lowest BCUT2D eigenvalue weighted by atomic mass is 9.96. The van der Waals surface area contributed by atoms with Crippen molar-refractivity contribution in [2.24, 2.45) is 4.99 Å². The number of benzene rings is 1. The lowest BCUT2D eigenvalue weighted by Gasteiger charge is -2.12. The molecule has 1 aromatic heterocycles. The van der Waals surface area contributed by atoms with Gasteiger partial charge in [0.2, 0.25) is 0 Å². The van der Waals surface area contributed by atoms with E-state index in [2.05, 4.69) is 15.1 Å². The first-order valence-electron chi connectivity index (χ1n) is 7.33. The molecule has 23 heavy (non-hydrogen) atoms. The number of hydrogen-bond donors (Lipinski definition) is 1. The third-order valence-corrected chi connectivity index (χ3v) is 3.58. The zero-order chi connectivity index (χ0) is 16.8. The molecule has 1 aliphatic heterocycles. The number of nitrogens with zero attached hydrogens (tertiary/aromatic N) is 4. The minimum absolute atomic E-state index is 0.181. The summed E-state index contributed by atoms with van der Waals surface area (Å²) in [6, 6.07) is 4.90. The Labute approximate surface area is 134 Å². The zero-order valence-electron chi connectivity index (χ0n) is 13.5. The van der Waals surface area contributed by atoms with Crippen molar-refractivity contribution < 1.29 is 9.90 Å². The van der Waals surface area contributed by atoms with E-state index in [0.29, 0.717) is 28.7 Å². The fraction of sp³-hybridized carbons (Fsp3) is 0.294. The van der Waals surface area contributed by atoms with E-state index >= 15 is 0 Å². The van der Waals surface area contributed by atoms with Crippen LogP contribution < -0.4 is 0 Å². The number of hydrogen-bond acceptors (Lipinski definition) is 5. The van der Waals surface area contributed by atoms with Crippen molar-refractivity contribution in [3.05, 3.63) is 41.0 Å². The molecule has 0 atom stereocenters. The normalized spacial score (nSPS) is 15.7. The molecule has 2 aromatic rings. The van der Waals surface area contributed by atoms with Crippen molar-refractivity contribution in [3.8, 4) is 5.75 Å². The fourth-order valence-electron chi connectivity index (χ4n) is 2.29. The summed E-state index contributed by atoms with van der Waals surface area (Å²) in [5, 5.41) is 14.0. The summed E-state index contributed by atoms with van der Waals surface area (Å²) in [4.78, 5) is 20.4. The number of carbonyl (C=O) groups excluding carboxylic acids is 1. The Balaban J connectivity index is 2.13. The van der Waals surface area contributed by atoms with Crippen LogP contribution in [0.1, 0.15) is 38.0 Å². The highest BCUT2D eigenvalue weighted by Crippen LogP contribution is 2.27. The molecule has 0 radical (unpaired) electrons. The Morgan fingerprint density at radius 3 is 2.65 bits per heavy atom. The number of aromatic hydroxyl groups is 1. The SMILES string of the molecule is Cc1cc(O)ccc1/N=C1/C(C=O)=Cc2nc(C(C)(C)C)nn21. The van der Waals surface area contributed by atoms with Crippen molar-refractivity contribution in [2.75, 3.05) is 0 Å². The minimum Gasteiger partial charge on any atom is -0.508 e. The fourth-order valence-corrected chi connectivity index (χ4v) is 2.29. The maximum atomic E-state index is 11.3. The van der Waals surface area contributed by atoms with Gasteiger partial charge in [0.15, 0.2) is 23.8 Å². The topological polar surface area (TPSA) is 80.4 Å². The van der Waals surface area contributed by atoms with E-state index in [4.69, 9.17) is 0 Å². The average Bonchev–Trinajstić information content (AvgIpc) is 3.00. The van der Waals surface area contributed by atoms with Gasteiger partial charge in [0.05, 0.1) is 11.3 Å². The first-order valence-corrected chi connectivity index (χ1v) is 7.33. The molecule has 118 valence electrons. The molecule has 0 aliphatic carbocycles. The van der Waals surface area contributed by atoms with Gasteiger partial charge in [-0.2, -0.15) is 4.68 Å². The minimum atomic E-state index is -0.188. The van der Waals surface area contributed by atoms with Crippen LogP contribution in [-0.4, -0.2) is 32.0 Å². The quantitative estimate of drug-likeness (QED) is 0.865. The predicted molar refractivity (Wildman–Crippen MR) is 88.1 cm³/mol. The number of aryl methyl sites for hydroxylation is 1. The number of aliphatic imine (C=N–C) groups is 1. The lowest BCUT2D eigenvalue weighted by Crippen LogP contribution is -2.17. The number of carbonyl (C=O) groups is 1. The van der Waals surface area contributed by atoms with Crippen LogP contribution in [0.25, 0.3) is 6.08 Å². The first kappa shape index (κ1) is 15.1. The molecule has 6 heteroatoms. The number of fused-ring (bicyclic) bond motifs is 1. The van der Waals surface area contributed by atoms with E-state index < -0.39 is 0 Å². The molecule has 2 heterocycles. The van der Waals surface area contributed by atoms with Crippen molar-refractivity contribution in [3.63, 3.8) is 0 Å². The summed E-state index contributed by atoms with van der Waals surface area (Å²) in [7, 11) is 0. The second-order valence-corrected chi connectivity index (χ2v) is 6.58. The summed E-state index contributed by atoms with van der Waals surface area (Å²) < 4.78 is 1.59. The van der Waals surface area contributed by atoms with Crippen molar-refractivity contribution in [1.82, 2.24) is 14.8 Å². The second kappa shape index (κ2) is 5.15. The predicted octanol–water partition coefficient (Wildman–Crippen LogP) is 2.76. The smallest absolute Gasteiger partial charge is 0.167 e. The largest absolute Gasteiger partial charge is 0.508 e. The summed E-state index contributed by atoms with van der Waals surface area (Å²) in [6.45, 7) is 7.94. The Hall–Kier alpha value is -2.76. The Bertz CT molecular complexity index is 854. The van der Waals surface area contributed by atoms with Gasteiger partial charge in [0, 0.05) is 5.41 Å². The van der Waals surface area contributed by atoms with Crippen molar-refractivity contribution in [2.45, 2.75) is 33.1 Å². The highest BCUT2D eigenvalue weighted by atomic mass is 16.3. The highest BCUT2D eigenvalue weighted by Gasteiger charge is 2.28. The van der Waals surface area contributed by atoms with E-state index in [0.717, 1.165) is 11.8 Å². The molecule has 6 nitrogen and oxygen atoms in total. The molecule has 0 bridgehead atoms. The average molecular weight is 310 g/mol. The maximum Gasteiger partial charge on any atom is 0.167 e. The zero-order valence-corrected chi connectivity index (χ0v) is 13.5. The number of phenols is 1.